The van der Waals surface area contributed by atoms with Crippen LogP contribution in [0.4, 0.5) is 11.4 Å². The molecular weight excluding hydrogens is 418 g/mol. The molecule has 2 aromatic rings. The van der Waals surface area contributed by atoms with Gasteiger partial charge in [0, 0.05) is 31.9 Å². The van der Waals surface area contributed by atoms with Crippen LogP contribution in [0, 0.1) is 6.92 Å². The highest BCUT2D eigenvalue weighted by Gasteiger charge is 2.37. The van der Waals surface area contributed by atoms with Gasteiger partial charge in [-0.3, -0.25) is 9.10 Å². The molecule has 0 unspecified atom stereocenters. The summed E-state index contributed by atoms with van der Waals surface area (Å²) in [6.07, 6.45) is 0.289. The Balaban J connectivity index is 1.45. The molecule has 8 nitrogen and oxygen atoms in total. The Hall–Kier alpha value is -2.94. The van der Waals surface area contributed by atoms with Crippen molar-refractivity contribution in [1.29, 1.82) is 0 Å². The van der Waals surface area contributed by atoms with Gasteiger partial charge in [-0.05, 0) is 48.9 Å². The lowest BCUT2D eigenvalue weighted by Crippen LogP contribution is -2.56. The molecule has 2 aromatic carbocycles. The number of rotatable bonds is 4. The second-order valence-electron chi connectivity index (χ2n) is 7.88. The van der Waals surface area contributed by atoms with Gasteiger partial charge < -0.3 is 19.3 Å². The van der Waals surface area contributed by atoms with Crippen molar-refractivity contribution in [3.05, 3.63) is 48.0 Å². The first-order valence-corrected chi connectivity index (χ1v) is 12.0. The number of hydrogen-bond acceptors (Lipinski definition) is 6. The van der Waals surface area contributed by atoms with E-state index in [-0.39, 0.29) is 12.5 Å². The molecule has 166 valence electrons. The van der Waals surface area contributed by atoms with E-state index in [1.54, 1.807) is 24.1 Å². The fourth-order valence-electron chi connectivity index (χ4n) is 3.99. The molecule has 1 saturated heterocycles. The van der Waals surface area contributed by atoms with Crippen LogP contribution in [-0.2, 0) is 14.8 Å². The highest BCUT2D eigenvalue weighted by atomic mass is 32.2. The highest BCUT2D eigenvalue weighted by Crippen LogP contribution is 2.36. The summed E-state index contributed by atoms with van der Waals surface area (Å²) in [7, 11) is -1.90. The fraction of sp³-hybridized carbons (Fsp3) is 0.409. The molecule has 2 heterocycles. The normalized spacial score (nSPS) is 18.9. The molecule has 9 heteroatoms. The summed E-state index contributed by atoms with van der Waals surface area (Å²) in [5.74, 6) is 1.03. The molecule has 2 aliphatic heterocycles. The third-order valence-electron chi connectivity index (χ3n) is 5.69. The van der Waals surface area contributed by atoms with Crippen LogP contribution in [0.3, 0.4) is 0 Å². The number of carbonyl (C=O) groups excluding carboxylic acids is 1. The number of fused-ring (bicyclic) bond motifs is 1. The maximum Gasteiger partial charge on any atom is 0.265 e. The van der Waals surface area contributed by atoms with Gasteiger partial charge in [0.2, 0.25) is 10.0 Å². The summed E-state index contributed by atoms with van der Waals surface area (Å²) in [6.45, 7) is 4.34. The van der Waals surface area contributed by atoms with Crippen LogP contribution in [0.2, 0.25) is 0 Å². The van der Waals surface area contributed by atoms with Crippen molar-refractivity contribution in [3.8, 4) is 11.5 Å². The average Bonchev–Trinajstić information content (AvgIpc) is 2.77. The van der Waals surface area contributed by atoms with Crippen molar-refractivity contribution in [2.45, 2.75) is 13.0 Å². The lowest BCUT2D eigenvalue weighted by molar-refractivity contribution is -0.138. The van der Waals surface area contributed by atoms with Crippen molar-refractivity contribution >= 4 is 27.3 Å². The van der Waals surface area contributed by atoms with Crippen LogP contribution >= 0.6 is 0 Å². The van der Waals surface area contributed by atoms with E-state index in [4.69, 9.17) is 9.47 Å². The monoisotopic (exact) mass is 445 g/mol. The molecule has 1 fully saturated rings. The van der Waals surface area contributed by atoms with Crippen LogP contribution in [0.25, 0.3) is 0 Å². The van der Waals surface area contributed by atoms with Gasteiger partial charge in [0.1, 0.15) is 11.5 Å². The Kier molecular flexibility index (Phi) is 5.70. The summed E-state index contributed by atoms with van der Waals surface area (Å²) in [5, 5.41) is 0. The third-order valence-corrected chi connectivity index (χ3v) is 6.84. The van der Waals surface area contributed by atoms with Crippen LogP contribution in [-0.4, -0.2) is 71.4 Å². The maximum atomic E-state index is 13.2. The van der Waals surface area contributed by atoms with Gasteiger partial charge in [-0.1, -0.05) is 6.07 Å². The zero-order valence-corrected chi connectivity index (χ0v) is 18.8. The van der Waals surface area contributed by atoms with E-state index in [0.717, 1.165) is 23.3 Å². The van der Waals surface area contributed by atoms with Crippen LogP contribution in [0.1, 0.15) is 5.56 Å². The Morgan fingerprint density at radius 2 is 1.74 bits per heavy atom. The molecule has 0 radical (unpaired) electrons. The number of anilines is 2. The standard InChI is InChI=1S/C22H27N3O5S/c1-16-4-9-20-19(14-16)25(31(3,27)28)15-21(30-20)22(26)24-12-10-23(11-13-24)17-5-7-18(29-2)8-6-17/h4-9,14,21H,10-13,15H2,1-3H3/t21-/m1/s1. The number of sulfonamides is 1. The number of methoxy groups -OCH3 is 1. The van der Waals surface area contributed by atoms with Gasteiger partial charge in [-0.15, -0.1) is 0 Å². The number of carbonyl (C=O) groups is 1. The summed E-state index contributed by atoms with van der Waals surface area (Å²) >= 11 is 0. The Labute approximate surface area is 183 Å². The quantitative estimate of drug-likeness (QED) is 0.715. The number of nitrogens with zero attached hydrogens (tertiary/aromatic N) is 3. The predicted molar refractivity (Wildman–Crippen MR) is 120 cm³/mol. The zero-order valence-electron chi connectivity index (χ0n) is 17.9. The highest BCUT2D eigenvalue weighted by molar-refractivity contribution is 7.92. The first-order valence-electron chi connectivity index (χ1n) is 10.2. The van der Waals surface area contributed by atoms with Crippen molar-refractivity contribution in [1.82, 2.24) is 4.90 Å². The molecule has 2 aliphatic rings. The number of aryl methyl sites for hydroxylation is 1. The first kappa shape index (κ1) is 21.3. The molecule has 1 amide bonds. The molecule has 0 spiro atoms. The largest absolute Gasteiger partial charge is 0.497 e. The fourth-order valence-corrected chi connectivity index (χ4v) is 4.89. The predicted octanol–water partition coefficient (Wildman–Crippen LogP) is 1.88. The second kappa shape index (κ2) is 8.30. The summed E-state index contributed by atoms with van der Waals surface area (Å²) in [5.41, 5.74) is 2.49. The molecule has 0 N–H and O–H groups in total. The van der Waals surface area contributed by atoms with E-state index in [0.29, 0.717) is 37.6 Å². The number of hydrogen-bond donors (Lipinski definition) is 0. The van der Waals surface area contributed by atoms with Crippen molar-refractivity contribution in [3.63, 3.8) is 0 Å². The van der Waals surface area contributed by atoms with E-state index in [9.17, 15) is 13.2 Å². The van der Waals surface area contributed by atoms with Gasteiger partial charge in [0.15, 0.2) is 6.10 Å². The van der Waals surface area contributed by atoms with Gasteiger partial charge in [0.05, 0.1) is 25.6 Å². The Morgan fingerprint density at radius 1 is 1.06 bits per heavy atom. The van der Waals surface area contributed by atoms with Crippen LogP contribution in [0.5, 0.6) is 11.5 Å². The van der Waals surface area contributed by atoms with Gasteiger partial charge in [0.25, 0.3) is 5.91 Å². The molecular formula is C22H27N3O5S. The second-order valence-corrected chi connectivity index (χ2v) is 9.79. The number of benzene rings is 2. The minimum absolute atomic E-state index is 0.0210. The van der Waals surface area contributed by atoms with Gasteiger partial charge in [-0.25, -0.2) is 8.42 Å². The maximum absolute atomic E-state index is 13.2. The number of ether oxygens (including phenoxy) is 2. The number of piperazine rings is 1. The van der Waals surface area contributed by atoms with E-state index in [2.05, 4.69) is 4.90 Å². The Morgan fingerprint density at radius 3 is 2.35 bits per heavy atom. The number of amides is 1. The topological polar surface area (TPSA) is 79.4 Å². The first-order chi connectivity index (χ1) is 14.8. The smallest absolute Gasteiger partial charge is 0.265 e. The summed E-state index contributed by atoms with van der Waals surface area (Å²) in [6, 6.07) is 13.2. The lowest BCUT2D eigenvalue weighted by Gasteiger charge is -2.40. The van der Waals surface area contributed by atoms with Crippen molar-refractivity contribution in [2.24, 2.45) is 0 Å². The van der Waals surface area contributed by atoms with E-state index in [1.807, 2.05) is 37.3 Å². The minimum atomic E-state index is -3.54. The van der Waals surface area contributed by atoms with Crippen LogP contribution < -0.4 is 18.7 Å². The third kappa shape index (κ3) is 4.41. The summed E-state index contributed by atoms with van der Waals surface area (Å²) < 4.78 is 37.2. The molecule has 31 heavy (non-hydrogen) atoms. The summed E-state index contributed by atoms with van der Waals surface area (Å²) in [4.78, 5) is 17.1. The molecule has 0 aliphatic carbocycles. The molecule has 1 atom stereocenters. The molecule has 0 aromatic heterocycles. The van der Waals surface area contributed by atoms with E-state index >= 15 is 0 Å². The lowest BCUT2D eigenvalue weighted by atomic mass is 10.1. The van der Waals surface area contributed by atoms with E-state index < -0.39 is 16.1 Å². The molecule has 0 bridgehead atoms. The van der Waals surface area contributed by atoms with Crippen molar-refractivity contribution in [2.75, 3.05) is 55.3 Å². The van der Waals surface area contributed by atoms with Crippen molar-refractivity contribution < 1.29 is 22.7 Å². The van der Waals surface area contributed by atoms with E-state index in [1.165, 1.54) is 4.31 Å². The zero-order chi connectivity index (χ0) is 22.2. The SMILES string of the molecule is COc1ccc(N2CCN(C(=O)[C@H]3CN(S(C)(=O)=O)c4cc(C)ccc4O3)CC2)cc1. The average molecular weight is 446 g/mol. The Bertz CT molecular complexity index is 1060. The van der Waals surface area contributed by atoms with Gasteiger partial charge in [-0.2, -0.15) is 0 Å². The minimum Gasteiger partial charge on any atom is -0.497 e. The van der Waals surface area contributed by atoms with Gasteiger partial charge >= 0.3 is 0 Å². The molecule has 4 rings (SSSR count). The molecule has 0 saturated carbocycles. The van der Waals surface area contributed by atoms with Crippen LogP contribution in [0.15, 0.2) is 42.5 Å².